The summed E-state index contributed by atoms with van der Waals surface area (Å²) in [5, 5.41) is 9.61. The maximum Gasteiger partial charge on any atom is 0.310 e. The van der Waals surface area contributed by atoms with Gasteiger partial charge in [0.15, 0.2) is 5.43 Å². The number of aliphatic carboxylic acids is 1. The first-order valence-electron chi connectivity index (χ1n) is 6.22. The molecule has 0 aliphatic carbocycles. The molecule has 1 heterocycles. The van der Waals surface area contributed by atoms with Gasteiger partial charge in [0.2, 0.25) is 0 Å². The molecule has 0 fully saturated rings. The standard InChI is InChI=1S/C15H16O4/c1-4-11(15(17)18)10-5-6-13-12(7-10)14(16)8(2)9(3)19-13/h5-7,11H,4H2,1-3H3,(H,17,18). The lowest BCUT2D eigenvalue weighted by molar-refractivity contribution is -0.138. The molecule has 0 bridgehead atoms. The SMILES string of the molecule is CCC(C(=O)O)c1ccc2oc(C)c(C)c(=O)c2c1. The van der Waals surface area contributed by atoms with Gasteiger partial charge in [-0.3, -0.25) is 9.59 Å². The van der Waals surface area contributed by atoms with Gasteiger partial charge in [0.1, 0.15) is 11.3 Å². The molecule has 1 aromatic heterocycles. The first-order valence-corrected chi connectivity index (χ1v) is 6.22. The van der Waals surface area contributed by atoms with Crippen LogP contribution in [0.25, 0.3) is 11.0 Å². The molecule has 0 aliphatic rings. The molecule has 19 heavy (non-hydrogen) atoms. The van der Waals surface area contributed by atoms with Gasteiger partial charge in [0, 0.05) is 5.56 Å². The van der Waals surface area contributed by atoms with Crippen molar-refractivity contribution in [3.63, 3.8) is 0 Å². The van der Waals surface area contributed by atoms with Gasteiger partial charge < -0.3 is 9.52 Å². The number of carboxylic acids is 1. The van der Waals surface area contributed by atoms with Gasteiger partial charge in [0.05, 0.1) is 11.3 Å². The third-order valence-electron chi connectivity index (χ3n) is 3.49. The molecule has 0 spiro atoms. The molecule has 4 heteroatoms. The van der Waals surface area contributed by atoms with Gasteiger partial charge in [-0.2, -0.15) is 0 Å². The third kappa shape index (κ3) is 2.26. The highest BCUT2D eigenvalue weighted by Crippen LogP contribution is 2.24. The first kappa shape index (κ1) is 13.3. The van der Waals surface area contributed by atoms with E-state index in [4.69, 9.17) is 9.52 Å². The minimum absolute atomic E-state index is 0.0964. The van der Waals surface area contributed by atoms with E-state index in [0.29, 0.717) is 34.3 Å². The zero-order valence-electron chi connectivity index (χ0n) is 11.2. The third-order valence-corrected chi connectivity index (χ3v) is 3.49. The number of rotatable bonds is 3. The lowest BCUT2D eigenvalue weighted by atomic mass is 9.95. The Morgan fingerprint density at radius 3 is 2.63 bits per heavy atom. The minimum Gasteiger partial charge on any atom is -0.481 e. The number of hydrogen-bond acceptors (Lipinski definition) is 3. The van der Waals surface area contributed by atoms with Gasteiger partial charge in [-0.05, 0) is 38.0 Å². The molecule has 1 N–H and O–H groups in total. The van der Waals surface area contributed by atoms with Crippen LogP contribution in [0.1, 0.15) is 36.1 Å². The number of hydrogen-bond donors (Lipinski definition) is 1. The predicted octanol–water partition coefficient (Wildman–Crippen LogP) is 2.99. The van der Waals surface area contributed by atoms with Crippen LogP contribution >= 0.6 is 0 Å². The zero-order chi connectivity index (χ0) is 14.2. The lowest BCUT2D eigenvalue weighted by Gasteiger charge is -2.11. The molecule has 1 unspecified atom stereocenters. The number of fused-ring (bicyclic) bond motifs is 1. The maximum absolute atomic E-state index is 12.2. The van der Waals surface area contributed by atoms with Crippen LogP contribution in [-0.4, -0.2) is 11.1 Å². The Balaban J connectivity index is 2.70. The molecule has 2 aromatic rings. The summed E-state index contributed by atoms with van der Waals surface area (Å²) in [6, 6.07) is 5.02. The van der Waals surface area contributed by atoms with Crippen molar-refractivity contribution < 1.29 is 14.3 Å². The van der Waals surface area contributed by atoms with E-state index in [9.17, 15) is 9.59 Å². The van der Waals surface area contributed by atoms with E-state index < -0.39 is 11.9 Å². The van der Waals surface area contributed by atoms with E-state index in [-0.39, 0.29) is 5.43 Å². The van der Waals surface area contributed by atoms with Gasteiger partial charge in [0.25, 0.3) is 0 Å². The quantitative estimate of drug-likeness (QED) is 0.921. The summed E-state index contributed by atoms with van der Waals surface area (Å²) in [6.45, 7) is 5.27. The van der Waals surface area contributed by atoms with Crippen molar-refractivity contribution in [3.05, 3.63) is 45.3 Å². The summed E-state index contributed by atoms with van der Waals surface area (Å²) >= 11 is 0. The maximum atomic E-state index is 12.2. The van der Waals surface area contributed by atoms with E-state index in [2.05, 4.69) is 0 Å². The highest BCUT2D eigenvalue weighted by atomic mass is 16.4. The summed E-state index contributed by atoms with van der Waals surface area (Å²) < 4.78 is 5.55. The Morgan fingerprint density at radius 2 is 2.05 bits per heavy atom. The van der Waals surface area contributed by atoms with Gasteiger partial charge in [-0.25, -0.2) is 0 Å². The molecule has 0 radical (unpaired) electrons. The van der Waals surface area contributed by atoms with E-state index in [0.717, 1.165) is 0 Å². The fourth-order valence-corrected chi connectivity index (χ4v) is 2.19. The van der Waals surface area contributed by atoms with Crippen molar-refractivity contribution in [2.75, 3.05) is 0 Å². The predicted molar refractivity (Wildman–Crippen MR) is 72.6 cm³/mol. The average Bonchev–Trinajstić information content (AvgIpc) is 2.37. The molecule has 0 saturated carbocycles. The molecule has 0 amide bonds. The average molecular weight is 260 g/mol. The van der Waals surface area contributed by atoms with Crippen LogP contribution in [0.15, 0.2) is 27.4 Å². The highest BCUT2D eigenvalue weighted by molar-refractivity contribution is 5.82. The van der Waals surface area contributed by atoms with Gasteiger partial charge >= 0.3 is 5.97 Å². The van der Waals surface area contributed by atoms with Crippen LogP contribution in [0, 0.1) is 13.8 Å². The van der Waals surface area contributed by atoms with Gasteiger partial charge in [-0.1, -0.05) is 13.0 Å². The van der Waals surface area contributed by atoms with E-state index in [1.54, 1.807) is 32.0 Å². The number of benzene rings is 1. The monoisotopic (exact) mass is 260 g/mol. The fraction of sp³-hybridized carbons (Fsp3) is 0.333. The smallest absolute Gasteiger partial charge is 0.310 e. The van der Waals surface area contributed by atoms with Gasteiger partial charge in [-0.15, -0.1) is 0 Å². The van der Waals surface area contributed by atoms with Crippen molar-refractivity contribution in [1.82, 2.24) is 0 Å². The number of carbonyl (C=O) groups is 1. The van der Waals surface area contributed by atoms with Crippen molar-refractivity contribution in [1.29, 1.82) is 0 Å². The minimum atomic E-state index is -0.880. The zero-order valence-corrected chi connectivity index (χ0v) is 11.2. The summed E-state index contributed by atoms with van der Waals surface area (Å²) in [5.41, 5.74) is 1.60. The van der Waals surface area contributed by atoms with E-state index in [1.807, 2.05) is 6.92 Å². The van der Waals surface area contributed by atoms with Crippen LogP contribution < -0.4 is 5.43 Å². The molecular weight excluding hydrogens is 244 g/mol. The molecule has 4 nitrogen and oxygen atoms in total. The molecule has 0 saturated heterocycles. The summed E-state index contributed by atoms with van der Waals surface area (Å²) in [5.74, 6) is -0.879. The van der Waals surface area contributed by atoms with Crippen molar-refractivity contribution in [2.45, 2.75) is 33.1 Å². The molecule has 100 valence electrons. The Morgan fingerprint density at radius 1 is 1.37 bits per heavy atom. The van der Waals surface area contributed by atoms with Crippen molar-refractivity contribution >= 4 is 16.9 Å². The van der Waals surface area contributed by atoms with Crippen molar-refractivity contribution in [3.8, 4) is 0 Å². The molecule has 1 atom stereocenters. The second-order valence-corrected chi connectivity index (χ2v) is 4.67. The highest BCUT2D eigenvalue weighted by Gasteiger charge is 2.19. The first-order chi connectivity index (χ1) is 8.95. The Bertz CT molecular complexity index is 697. The van der Waals surface area contributed by atoms with Crippen LogP contribution in [0.4, 0.5) is 0 Å². The Kier molecular flexibility index (Phi) is 3.42. The van der Waals surface area contributed by atoms with Crippen LogP contribution in [-0.2, 0) is 4.79 Å². The van der Waals surface area contributed by atoms with Crippen molar-refractivity contribution in [2.24, 2.45) is 0 Å². The molecular formula is C15H16O4. The Labute approximate surface area is 110 Å². The summed E-state index contributed by atoms with van der Waals surface area (Å²) in [7, 11) is 0. The Hall–Kier alpha value is -2.10. The fourth-order valence-electron chi connectivity index (χ4n) is 2.19. The number of carboxylic acid groups (broad SMARTS) is 1. The lowest BCUT2D eigenvalue weighted by Crippen LogP contribution is -2.12. The molecule has 2 rings (SSSR count). The van der Waals surface area contributed by atoms with Crippen LogP contribution in [0.5, 0.6) is 0 Å². The summed E-state index contributed by atoms with van der Waals surface area (Å²) in [4.78, 5) is 23.3. The van der Waals surface area contributed by atoms with E-state index >= 15 is 0 Å². The molecule has 1 aromatic carbocycles. The topological polar surface area (TPSA) is 67.5 Å². The largest absolute Gasteiger partial charge is 0.481 e. The van der Waals surface area contributed by atoms with Crippen LogP contribution in [0.3, 0.4) is 0 Å². The second-order valence-electron chi connectivity index (χ2n) is 4.67. The van der Waals surface area contributed by atoms with E-state index in [1.165, 1.54) is 0 Å². The molecule has 0 aliphatic heterocycles. The second kappa shape index (κ2) is 4.88. The number of aryl methyl sites for hydroxylation is 1. The summed E-state index contributed by atoms with van der Waals surface area (Å²) in [6.07, 6.45) is 0.483. The van der Waals surface area contributed by atoms with Crippen LogP contribution in [0.2, 0.25) is 0 Å². The normalized spacial score (nSPS) is 12.6.